The van der Waals surface area contributed by atoms with Gasteiger partial charge in [-0.05, 0) is 90.3 Å². The van der Waals surface area contributed by atoms with Gasteiger partial charge in [-0.25, -0.2) is 0 Å². The van der Waals surface area contributed by atoms with Gasteiger partial charge in [-0.1, -0.05) is 135 Å². The first-order valence-corrected chi connectivity index (χ1v) is 18.6. The van der Waals surface area contributed by atoms with Gasteiger partial charge in [-0.15, -0.1) is 22.7 Å². The van der Waals surface area contributed by atoms with E-state index < -0.39 is 0 Å². The van der Waals surface area contributed by atoms with E-state index in [4.69, 9.17) is 0 Å². The van der Waals surface area contributed by atoms with Gasteiger partial charge >= 0.3 is 0 Å². The van der Waals surface area contributed by atoms with Crippen LogP contribution in [0.1, 0.15) is 25.0 Å². The molecule has 0 nitrogen and oxygen atoms in total. The summed E-state index contributed by atoms with van der Waals surface area (Å²) in [5, 5.41) is 10.6. The lowest BCUT2D eigenvalue weighted by atomic mass is 9.80. The third kappa shape index (κ3) is 3.73. The standard InChI is InChI=1S/C47H30S2/c1-47(2)38-19-9-7-17-34(38)46-35(18-11-20-39(46)47)45-32-15-5-3-13-30(32)44(31-14-4-6-16-33(31)45)27-22-23-29-37-26-42-36(25-43(37)49-41(29)24-27)28-12-8-10-21-40(28)48-42/h3-26H,1-2H3. The molecule has 0 spiro atoms. The van der Waals surface area contributed by atoms with Gasteiger partial charge in [0.1, 0.15) is 0 Å². The van der Waals surface area contributed by atoms with E-state index in [1.807, 2.05) is 22.7 Å². The molecule has 0 bridgehead atoms. The van der Waals surface area contributed by atoms with Crippen LogP contribution in [0.25, 0.3) is 95.3 Å². The highest BCUT2D eigenvalue weighted by Gasteiger charge is 2.37. The summed E-state index contributed by atoms with van der Waals surface area (Å²) in [5.41, 5.74) is 10.7. The Morgan fingerprint density at radius 3 is 1.57 bits per heavy atom. The molecule has 0 amide bonds. The summed E-state index contributed by atoms with van der Waals surface area (Å²) >= 11 is 3.82. The van der Waals surface area contributed by atoms with E-state index in [1.54, 1.807) is 0 Å². The number of benzene rings is 8. The Kier molecular flexibility index (Phi) is 5.58. The van der Waals surface area contributed by atoms with Crippen LogP contribution in [-0.4, -0.2) is 0 Å². The summed E-state index contributed by atoms with van der Waals surface area (Å²) in [6.07, 6.45) is 0. The van der Waals surface area contributed by atoms with Crippen molar-refractivity contribution in [2.45, 2.75) is 19.3 Å². The highest BCUT2D eigenvalue weighted by atomic mass is 32.1. The SMILES string of the molecule is CC1(C)c2ccccc2-c2c(-c3c4ccccc4c(-c4ccc5c(c4)sc4cc6c(cc45)sc4ccccc46)c4ccccc34)cccc21. The summed E-state index contributed by atoms with van der Waals surface area (Å²) in [6, 6.07) is 54.9. The first-order chi connectivity index (χ1) is 24.1. The van der Waals surface area contributed by atoms with Crippen molar-refractivity contribution in [2.75, 3.05) is 0 Å². The molecule has 2 aromatic heterocycles. The van der Waals surface area contributed by atoms with E-state index in [1.165, 1.54) is 106 Å². The molecule has 0 atom stereocenters. The van der Waals surface area contributed by atoms with Gasteiger partial charge in [0.05, 0.1) is 0 Å². The van der Waals surface area contributed by atoms with Crippen LogP contribution in [-0.2, 0) is 5.41 Å². The third-order valence-electron chi connectivity index (χ3n) is 11.1. The van der Waals surface area contributed by atoms with E-state index in [0.717, 1.165) is 0 Å². The lowest BCUT2D eigenvalue weighted by Crippen LogP contribution is -2.14. The molecule has 0 saturated heterocycles. The smallest absolute Gasteiger partial charge is 0.0362 e. The Morgan fingerprint density at radius 1 is 0.347 bits per heavy atom. The van der Waals surface area contributed by atoms with Gasteiger partial charge in [0, 0.05) is 45.8 Å². The molecule has 8 aromatic carbocycles. The zero-order chi connectivity index (χ0) is 32.4. The number of fused-ring (bicyclic) bond motifs is 11. The van der Waals surface area contributed by atoms with Crippen molar-refractivity contribution >= 4 is 84.6 Å². The van der Waals surface area contributed by atoms with E-state index in [-0.39, 0.29) is 5.41 Å². The molecule has 230 valence electrons. The molecule has 0 fully saturated rings. The molecule has 0 N–H and O–H groups in total. The predicted molar refractivity (Wildman–Crippen MR) is 216 cm³/mol. The molecule has 1 aliphatic carbocycles. The molecule has 0 saturated carbocycles. The maximum atomic E-state index is 2.44. The maximum Gasteiger partial charge on any atom is 0.0362 e. The van der Waals surface area contributed by atoms with Gasteiger partial charge in [-0.3, -0.25) is 0 Å². The van der Waals surface area contributed by atoms with Crippen LogP contribution in [0.2, 0.25) is 0 Å². The fourth-order valence-electron chi connectivity index (χ4n) is 8.84. The quantitative estimate of drug-likeness (QED) is 0.162. The van der Waals surface area contributed by atoms with Crippen molar-refractivity contribution in [2.24, 2.45) is 0 Å². The van der Waals surface area contributed by atoms with Crippen LogP contribution >= 0.6 is 22.7 Å². The highest BCUT2D eigenvalue weighted by molar-refractivity contribution is 7.27. The number of hydrogen-bond donors (Lipinski definition) is 0. The minimum Gasteiger partial charge on any atom is -0.135 e. The van der Waals surface area contributed by atoms with E-state index in [9.17, 15) is 0 Å². The normalized spacial score (nSPS) is 13.7. The molecular formula is C47H30S2. The first kappa shape index (κ1) is 27.6. The summed E-state index contributed by atoms with van der Waals surface area (Å²) in [7, 11) is 0. The number of hydrogen-bond acceptors (Lipinski definition) is 2. The summed E-state index contributed by atoms with van der Waals surface area (Å²) in [4.78, 5) is 0. The summed E-state index contributed by atoms with van der Waals surface area (Å²) in [6.45, 7) is 4.74. The maximum absolute atomic E-state index is 2.44. The lowest BCUT2D eigenvalue weighted by Gasteiger charge is -2.22. The average Bonchev–Trinajstić information content (AvgIpc) is 3.76. The Balaban J connectivity index is 1.18. The molecule has 10 aromatic rings. The van der Waals surface area contributed by atoms with Crippen molar-refractivity contribution < 1.29 is 0 Å². The molecule has 1 aliphatic rings. The van der Waals surface area contributed by atoms with Crippen molar-refractivity contribution in [3.63, 3.8) is 0 Å². The molecule has 2 heterocycles. The van der Waals surface area contributed by atoms with Gasteiger partial charge in [0.2, 0.25) is 0 Å². The van der Waals surface area contributed by atoms with Crippen LogP contribution in [0.3, 0.4) is 0 Å². The van der Waals surface area contributed by atoms with E-state index in [2.05, 4.69) is 159 Å². The van der Waals surface area contributed by atoms with Crippen LogP contribution < -0.4 is 0 Å². The van der Waals surface area contributed by atoms with Gasteiger partial charge in [-0.2, -0.15) is 0 Å². The van der Waals surface area contributed by atoms with Crippen molar-refractivity contribution in [3.8, 4) is 33.4 Å². The van der Waals surface area contributed by atoms with Crippen molar-refractivity contribution in [1.82, 2.24) is 0 Å². The minimum absolute atomic E-state index is 0.0463. The second-order valence-electron chi connectivity index (χ2n) is 14.0. The molecule has 0 radical (unpaired) electrons. The Hall–Kier alpha value is -5.28. The molecular weight excluding hydrogens is 629 g/mol. The fourth-order valence-corrected chi connectivity index (χ4v) is 11.1. The van der Waals surface area contributed by atoms with Gasteiger partial charge < -0.3 is 0 Å². The Bertz CT molecular complexity index is 2970. The van der Waals surface area contributed by atoms with Crippen LogP contribution in [0.5, 0.6) is 0 Å². The fraction of sp³-hybridized carbons (Fsp3) is 0.0638. The second kappa shape index (κ2) is 9.89. The lowest BCUT2D eigenvalue weighted by molar-refractivity contribution is 0.660. The molecule has 49 heavy (non-hydrogen) atoms. The zero-order valence-electron chi connectivity index (χ0n) is 27.2. The summed E-state index contributed by atoms with van der Waals surface area (Å²) < 4.78 is 5.42. The number of thiophene rings is 2. The van der Waals surface area contributed by atoms with Crippen molar-refractivity contribution in [3.05, 3.63) is 157 Å². The zero-order valence-corrected chi connectivity index (χ0v) is 28.8. The average molecular weight is 659 g/mol. The Labute approximate surface area is 292 Å². The van der Waals surface area contributed by atoms with Crippen LogP contribution in [0.15, 0.2) is 146 Å². The monoisotopic (exact) mass is 658 g/mol. The second-order valence-corrected chi connectivity index (χ2v) is 16.2. The van der Waals surface area contributed by atoms with E-state index in [0.29, 0.717) is 0 Å². The predicted octanol–water partition coefficient (Wildman–Crippen LogP) is 14.4. The van der Waals surface area contributed by atoms with Gasteiger partial charge in [0.25, 0.3) is 0 Å². The highest BCUT2D eigenvalue weighted by Crippen LogP contribution is 2.54. The first-order valence-electron chi connectivity index (χ1n) is 17.0. The molecule has 2 heteroatoms. The number of rotatable bonds is 2. The molecule has 0 aliphatic heterocycles. The van der Waals surface area contributed by atoms with Crippen LogP contribution in [0.4, 0.5) is 0 Å². The van der Waals surface area contributed by atoms with E-state index >= 15 is 0 Å². The molecule has 0 unspecified atom stereocenters. The van der Waals surface area contributed by atoms with Gasteiger partial charge in [0.15, 0.2) is 0 Å². The molecule has 11 rings (SSSR count). The van der Waals surface area contributed by atoms with Crippen LogP contribution in [0, 0.1) is 0 Å². The largest absolute Gasteiger partial charge is 0.135 e. The Morgan fingerprint density at radius 2 is 0.857 bits per heavy atom. The minimum atomic E-state index is -0.0463. The van der Waals surface area contributed by atoms with Crippen molar-refractivity contribution in [1.29, 1.82) is 0 Å². The third-order valence-corrected chi connectivity index (χ3v) is 13.3. The summed E-state index contributed by atoms with van der Waals surface area (Å²) in [5.74, 6) is 0. The topological polar surface area (TPSA) is 0 Å².